The van der Waals surface area contributed by atoms with E-state index in [1.165, 1.54) is 12.1 Å². The van der Waals surface area contributed by atoms with Crippen molar-refractivity contribution in [3.63, 3.8) is 0 Å². The van der Waals surface area contributed by atoms with Crippen molar-refractivity contribution >= 4 is 23.3 Å². The van der Waals surface area contributed by atoms with Gasteiger partial charge >= 0.3 is 0 Å². The Balaban J connectivity index is 1.33. The van der Waals surface area contributed by atoms with Crippen LogP contribution in [0.3, 0.4) is 0 Å². The molecule has 2 heterocycles. The molecule has 79 heavy (non-hydrogen) atoms. The van der Waals surface area contributed by atoms with Gasteiger partial charge in [-0.3, -0.25) is 0 Å². The van der Waals surface area contributed by atoms with Gasteiger partial charge in [0.1, 0.15) is 47.9 Å². The number of phenolic OH excluding ortho intramolecular Hbond substituents is 2. The fraction of sp³-hybridized carbons (Fsp3) is 0.385. The zero-order valence-electron chi connectivity index (χ0n) is 48.0. The standard InChI is InChI=1S/C65H78N6O8/c1-13-15-29-78-64(11,74)37-76-48-21-27-54(56(72)35-48)62-68-58(50-23-17-40(3)31-44(50)7)66-60(52-25-19-42(5)33-46(52)9)70(62)39-71-61(53-26-20-43(6)34-47(53)10)67-59(51-24-18-41(4)32-45(51)8)69-63(71)55-28-22-49(36-57(55)73)77-38-65(12,75)79-30-16-14-2/h17-28,31-36,60-61,72-75H,13-16,29-30,37-39H2,1-12H3. The van der Waals surface area contributed by atoms with E-state index in [2.05, 4.69) is 114 Å². The predicted octanol–water partition coefficient (Wildman–Crippen LogP) is 12.4. The molecule has 2 aliphatic rings. The molecule has 0 saturated heterocycles. The highest BCUT2D eigenvalue weighted by molar-refractivity contribution is 6.16. The molecule has 0 spiro atoms. The minimum atomic E-state index is -1.56. The number of aliphatic imine (C=N–C) groups is 4. The van der Waals surface area contributed by atoms with Gasteiger partial charge in [0.25, 0.3) is 0 Å². The Morgan fingerprint density at radius 1 is 0.468 bits per heavy atom. The van der Waals surface area contributed by atoms with Crippen LogP contribution in [0.5, 0.6) is 23.0 Å². The van der Waals surface area contributed by atoms with Gasteiger partial charge in [-0.1, -0.05) is 122 Å². The molecule has 0 bridgehead atoms. The summed E-state index contributed by atoms with van der Waals surface area (Å²) < 4.78 is 23.6. The van der Waals surface area contributed by atoms with Crippen LogP contribution in [-0.4, -0.2) is 98.2 Å². The number of aromatic hydroxyl groups is 2. The first-order valence-corrected chi connectivity index (χ1v) is 27.4. The van der Waals surface area contributed by atoms with E-state index in [4.69, 9.17) is 38.9 Å². The number of amidine groups is 4. The lowest BCUT2D eigenvalue weighted by Crippen LogP contribution is -2.50. The molecule has 0 saturated carbocycles. The number of benzene rings is 6. The second kappa shape index (κ2) is 24.8. The molecular weight excluding hydrogens is 993 g/mol. The van der Waals surface area contributed by atoms with Gasteiger partial charge in [-0.05, 0) is 140 Å². The van der Waals surface area contributed by atoms with E-state index in [1.54, 1.807) is 38.1 Å². The second-order valence-corrected chi connectivity index (χ2v) is 21.7. The van der Waals surface area contributed by atoms with Gasteiger partial charge in [0.15, 0.2) is 35.6 Å². The largest absolute Gasteiger partial charge is 0.507 e. The van der Waals surface area contributed by atoms with Crippen LogP contribution < -0.4 is 9.47 Å². The van der Waals surface area contributed by atoms with Gasteiger partial charge in [0.2, 0.25) is 0 Å². The van der Waals surface area contributed by atoms with E-state index in [0.717, 1.165) is 92.4 Å². The fourth-order valence-corrected chi connectivity index (χ4v) is 9.94. The Morgan fingerprint density at radius 3 is 1.16 bits per heavy atom. The van der Waals surface area contributed by atoms with Crippen LogP contribution in [0.1, 0.15) is 144 Å². The van der Waals surface area contributed by atoms with Crippen molar-refractivity contribution in [3.8, 4) is 23.0 Å². The highest BCUT2D eigenvalue weighted by Crippen LogP contribution is 2.41. The maximum atomic E-state index is 12.4. The molecule has 4 atom stereocenters. The molecular formula is C65H78N6O8. The Kier molecular flexibility index (Phi) is 18.1. The number of unbranched alkanes of at least 4 members (excludes halogenated alkanes) is 2. The van der Waals surface area contributed by atoms with Crippen LogP contribution in [0.2, 0.25) is 0 Å². The first-order chi connectivity index (χ1) is 37.6. The molecule has 2 aliphatic heterocycles. The smallest absolute Gasteiger partial charge is 0.197 e. The maximum absolute atomic E-state index is 12.4. The Hall–Kier alpha value is -7.36. The summed E-state index contributed by atoms with van der Waals surface area (Å²) in [5.74, 6) is -0.960. The zero-order valence-corrected chi connectivity index (χ0v) is 48.0. The molecule has 14 nitrogen and oxygen atoms in total. The normalized spacial score (nSPS) is 17.1. The zero-order chi connectivity index (χ0) is 56.8. The van der Waals surface area contributed by atoms with Crippen LogP contribution in [0, 0.1) is 55.4 Å². The average molecular weight is 1070 g/mol. The Labute approximate surface area is 466 Å². The number of nitrogens with zero attached hydrogens (tertiary/aromatic N) is 6. The van der Waals surface area contributed by atoms with Crippen molar-refractivity contribution in [3.05, 3.63) is 187 Å². The molecule has 4 N–H and O–H groups in total. The topological polar surface area (TPSA) is 174 Å². The number of hydrogen-bond donors (Lipinski definition) is 4. The van der Waals surface area contributed by atoms with E-state index < -0.39 is 23.9 Å². The molecule has 0 radical (unpaired) electrons. The van der Waals surface area contributed by atoms with E-state index in [9.17, 15) is 20.4 Å². The minimum absolute atomic E-state index is 0.0201. The molecule has 4 unspecified atom stereocenters. The summed E-state index contributed by atoms with van der Waals surface area (Å²) in [6.45, 7) is 24.1. The van der Waals surface area contributed by atoms with Crippen molar-refractivity contribution < 1.29 is 39.4 Å². The first-order valence-electron chi connectivity index (χ1n) is 27.4. The Morgan fingerprint density at radius 2 is 0.823 bits per heavy atom. The molecule has 416 valence electrons. The fourth-order valence-electron chi connectivity index (χ4n) is 9.94. The van der Waals surface area contributed by atoms with Crippen LogP contribution in [0.4, 0.5) is 0 Å². The van der Waals surface area contributed by atoms with E-state index in [-0.39, 0.29) is 31.4 Å². The highest BCUT2D eigenvalue weighted by Gasteiger charge is 2.39. The summed E-state index contributed by atoms with van der Waals surface area (Å²) in [6.07, 6.45) is 1.94. The van der Waals surface area contributed by atoms with Crippen molar-refractivity contribution in [2.24, 2.45) is 20.0 Å². The summed E-state index contributed by atoms with van der Waals surface area (Å²) in [5, 5.41) is 46.8. The van der Waals surface area contributed by atoms with E-state index in [0.29, 0.717) is 59.2 Å². The van der Waals surface area contributed by atoms with Gasteiger partial charge in [-0.2, -0.15) is 0 Å². The maximum Gasteiger partial charge on any atom is 0.197 e. The lowest BCUT2D eigenvalue weighted by molar-refractivity contribution is -0.207. The number of aliphatic hydroxyl groups is 2. The van der Waals surface area contributed by atoms with Crippen molar-refractivity contribution in [1.82, 2.24) is 9.80 Å². The van der Waals surface area contributed by atoms with Crippen LogP contribution >= 0.6 is 0 Å². The number of aryl methyl sites for hydroxylation is 8. The monoisotopic (exact) mass is 1070 g/mol. The minimum Gasteiger partial charge on any atom is -0.507 e. The molecule has 0 aliphatic carbocycles. The quantitative estimate of drug-likeness (QED) is 0.0378. The lowest BCUT2D eigenvalue weighted by atomic mass is 9.99. The summed E-state index contributed by atoms with van der Waals surface area (Å²) >= 11 is 0. The first kappa shape index (κ1) is 57.8. The number of rotatable bonds is 22. The summed E-state index contributed by atoms with van der Waals surface area (Å²) in [7, 11) is 0. The highest BCUT2D eigenvalue weighted by atomic mass is 16.7. The van der Waals surface area contributed by atoms with Crippen molar-refractivity contribution in [2.75, 3.05) is 33.1 Å². The molecule has 6 aromatic carbocycles. The SMILES string of the molecule is CCCCOC(C)(O)COc1ccc(C2=NC(c3ccc(C)cc3C)=NC(c3ccc(C)cc3C)N2CN2C(c3ccc(OCC(C)(O)OCCCC)cc3O)=NC(c3ccc(C)cc3C)=NC2c2ccc(C)cc2C)c(O)c1. The van der Waals surface area contributed by atoms with Crippen molar-refractivity contribution in [1.29, 1.82) is 0 Å². The number of phenols is 2. The van der Waals surface area contributed by atoms with Gasteiger partial charge in [0, 0.05) is 23.3 Å². The number of hydrogen-bond acceptors (Lipinski definition) is 14. The molecule has 6 aromatic rings. The third-order valence-electron chi connectivity index (χ3n) is 14.3. The predicted molar refractivity (Wildman–Crippen MR) is 314 cm³/mol. The molecule has 8 rings (SSSR count). The van der Waals surface area contributed by atoms with Gasteiger partial charge in [-0.25, -0.2) is 20.0 Å². The van der Waals surface area contributed by atoms with Crippen LogP contribution in [-0.2, 0) is 9.47 Å². The second-order valence-electron chi connectivity index (χ2n) is 21.7. The van der Waals surface area contributed by atoms with E-state index in [1.807, 2.05) is 38.1 Å². The Bertz CT molecular complexity index is 3090. The third-order valence-corrected chi connectivity index (χ3v) is 14.3. The van der Waals surface area contributed by atoms with Crippen LogP contribution in [0.25, 0.3) is 0 Å². The van der Waals surface area contributed by atoms with Gasteiger partial charge < -0.3 is 49.2 Å². The van der Waals surface area contributed by atoms with Gasteiger partial charge in [-0.15, -0.1) is 0 Å². The summed E-state index contributed by atoms with van der Waals surface area (Å²) in [6, 6.07) is 35.1. The summed E-state index contributed by atoms with van der Waals surface area (Å²) in [5.41, 5.74) is 12.6. The average Bonchev–Trinajstić information content (AvgIpc) is 3.57. The van der Waals surface area contributed by atoms with Crippen LogP contribution in [0.15, 0.2) is 129 Å². The number of ether oxygens (including phenoxy) is 4. The molecule has 0 aromatic heterocycles. The molecule has 0 amide bonds. The lowest BCUT2D eigenvalue weighted by Gasteiger charge is -2.43. The summed E-state index contributed by atoms with van der Waals surface area (Å²) in [4.78, 5) is 26.1. The van der Waals surface area contributed by atoms with Gasteiger partial charge in [0.05, 0.1) is 31.0 Å². The van der Waals surface area contributed by atoms with E-state index >= 15 is 0 Å². The molecule has 14 heteroatoms. The molecule has 0 fully saturated rings. The van der Waals surface area contributed by atoms with Crippen molar-refractivity contribution in [2.45, 2.75) is 133 Å². The third kappa shape index (κ3) is 13.9.